The van der Waals surface area contributed by atoms with Crippen molar-refractivity contribution in [3.05, 3.63) is 10.4 Å². The highest BCUT2D eigenvalue weighted by Crippen LogP contribution is 2.47. The van der Waals surface area contributed by atoms with Gasteiger partial charge in [0.2, 0.25) is 5.95 Å². The van der Waals surface area contributed by atoms with Gasteiger partial charge in [-0.15, -0.1) is 0 Å². The lowest BCUT2D eigenvalue weighted by molar-refractivity contribution is 0.0175. The minimum Gasteiger partial charge on any atom is -0.396 e. The molecule has 1 fully saturated rings. The molecule has 0 spiro atoms. The fraction of sp³-hybridized carbons (Fsp3) is 0.692. The fourth-order valence-corrected chi connectivity index (χ4v) is 4.13. The number of nitrogens with one attached hydrogen (secondary N) is 2. The molecule has 140 valence electrons. The zero-order chi connectivity index (χ0) is 18.2. The summed E-state index contributed by atoms with van der Waals surface area (Å²) in [5.41, 5.74) is 5.61. The van der Waals surface area contributed by atoms with E-state index in [1.54, 1.807) is 6.92 Å². The molecule has 3 rings (SSSR count). The maximum atomic E-state index is 11.9. The number of nitrogens with two attached hydrogens (primary N) is 1. The van der Waals surface area contributed by atoms with Crippen molar-refractivity contribution in [3.63, 3.8) is 0 Å². The van der Waals surface area contributed by atoms with Crippen molar-refractivity contribution in [2.75, 3.05) is 42.4 Å². The molecule has 1 aliphatic carbocycles. The van der Waals surface area contributed by atoms with Crippen molar-refractivity contribution < 1.29 is 23.6 Å². The van der Waals surface area contributed by atoms with Crippen LogP contribution in [0.25, 0.3) is 0 Å². The number of nitrogen functional groups attached to an aromatic ring is 1. The lowest BCUT2D eigenvalue weighted by Crippen LogP contribution is -2.55. The van der Waals surface area contributed by atoms with Crippen LogP contribution in [0.15, 0.2) is 4.79 Å². The SMILES string of the molecule is CCOP(=O)(O)OC[C@H]1C[C@@H](N2CNc3c2nc(N)[nH]c3=O)[C@@H]1CO. The van der Waals surface area contributed by atoms with Crippen LogP contribution in [-0.4, -0.2) is 52.5 Å². The predicted molar refractivity (Wildman–Crippen MR) is 90.1 cm³/mol. The van der Waals surface area contributed by atoms with Crippen LogP contribution in [0, 0.1) is 11.8 Å². The normalized spacial score (nSPS) is 27.3. The Morgan fingerprint density at radius 1 is 1.48 bits per heavy atom. The Bertz CT molecular complexity index is 742. The van der Waals surface area contributed by atoms with Crippen molar-refractivity contribution >= 4 is 25.3 Å². The monoisotopic (exact) mass is 375 g/mol. The fourth-order valence-electron chi connectivity index (χ4n) is 3.35. The van der Waals surface area contributed by atoms with E-state index in [2.05, 4.69) is 19.8 Å². The lowest BCUT2D eigenvalue weighted by atomic mass is 9.69. The Morgan fingerprint density at radius 3 is 2.92 bits per heavy atom. The molecule has 12 heteroatoms. The van der Waals surface area contributed by atoms with E-state index in [1.807, 2.05) is 4.90 Å². The molecule has 11 nitrogen and oxygen atoms in total. The van der Waals surface area contributed by atoms with Gasteiger partial charge in [0.1, 0.15) is 5.69 Å². The second-order valence-electron chi connectivity index (χ2n) is 6.05. The molecule has 1 unspecified atom stereocenters. The summed E-state index contributed by atoms with van der Waals surface area (Å²) in [4.78, 5) is 29.8. The average molecular weight is 375 g/mol. The number of H-pyrrole nitrogens is 1. The third-order valence-electron chi connectivity index (χ3n) is 4.62. The van der Waals surface area contributed by atoms with Gasteiger partial charge in [0.05, 0.1) is 19.9 Å². The van der Waals surface area contributed by atoms with Crippen molar-refractivity contribution in [2.45, 2.75) is 19.4 Å². The van der Waals surface area contributed by atoms with E-state index in [0.29, 0.717) is 24.6 Å². The molecule has 1 aromatic rings. The van der Waals surface area contributed by atoms with Crippen LogP contribution in [0.1, 0.15) is 13.3 Å². The number of nitrogens with zero attached hydrogens (tertiary/aromatic N) is 2. The van der Waals surface area contributed by atoms with E-state index in [0.717, 1.165) is 0 Å². The first kappa shape index (κ1) is 18.2. The maximum absolute atomic E-state index is 11.9. The summed E-state index contributed by atoms with van der Waals surface area (Å²) >= 11 is 0. The Hall–Kier alpha value is -1.65. The summed E-state index contributed by atoms with van der Waals surface area (Å²) in [7, 11) is -4.06. The van der Waals surface area contributed by atoms with Crippen LogP contribution in [0.5, 0.6) is 0 Å². The van der Waals surface area contributed by atoms with Gasteiger partial charge in [-0.05, 0) is 19.3 Å². The highest BCUT2D eigenvalue weighted by atomic mass is 31.2. The largest absolute Gasteiger partial charge is 0.472 e. The molecule has 25 heavy (non-hydrogen) atoms. The van der Waals surface area contributed by atoms with Gasteiger partial charge in [-0.1, -0.05) is 0 Å². The number of phosphoric ester groups is 1. The highest BCUT2D eigenvalue weighted by molar-refractivity contribution is 7.47. The molecule has 1 aromatic heterocycles. The number of hydrogen-bond donors (Lipinski definition) is 5. The second kappa shape index (κ2) is 6.93. The first-order chi connectivity index (χ1) is 11.9. The number of anilines is 3. The maximum Gasteiger partial charge on any atom is 0.472 e. The molecule has 2 heterocycles. The van der Waals surface area contributed by atoms with Gasteiger partial charge in [-0.25, -0.2) is 4.57 Å². The van der Waals surface area contributed by atoms with Gasteiger partial charge >= 0.3 is 7.82 Å². The van der Waals surface area contributed by atoms with Crippen molar-refractivity contribution in [3.8, 4) is 0 Å². The van der Waals surface area contributed by atoms with Gasteiger partial charge in [0.25, 0.3) is 5.56 Å². The number of fused-ring (bicyclic) bond motifs is 1. The molecule has 0 radical (unpaired) electrons. The minimum atomic E-state index is -4.06. The van der Waals surface area contributed by atoms with Crippen LogP contribution < -0.4 is 21.5 Å². The molecule has 0 aromatic carbocycles. The zero-order valence-corrected chi connectivity index (χ0v) is 14.6. The minimum absolute atomic E-state index is 0.00850. The van der Waals surface area contributed by atoms with Crippen molar-refractivity contribution in [1.29, 1.82) is 0 Å². The van der Waals surface area contributed by atoms with Crippen LogP contribution >= 0.6 is 7.82 Å². The van der Waals surface area contributed by atoms with E-state index in [4.69, 9.17) is 10.3 Å². The molecule has 1 saturated carbocycles. The van der Waals surface area contributed by atoms with Crippen LogP contribution in [0.4, 0.5) is 17.5 Å². The highest BCUT2D eigenvalue weighted by Gasteiger charge is 2.47. The molecule has 6 N–H and O–H groups in total. The van der Waals surface area contributed by atoms with E-state index in [9.17, 15) is 19.4 Å². The van der Waals surface area contributed by atoms with Crippen LogP contribution in [0.2, 0.25) is 0 Å². The van der Waals surface area contributed by atoms with Crippen LogP contribution in [-0.2, 0) is 13.6 Å². The summed E-state index contributed by atoms with van der Waals surface area (Å²) in [6.45, 7) is 1.94. The van der Waals surface area contributed by atoms with Gasteiger partial charge in [0.15, 0.2) is 5.82 Å². The van der Waals surface area contributed by atoms with Gasteiger partial charge in [-0.2, -0.15) is 4.98 Å². The Balaban J connectivity index is 1.67. The average Bonchev–Trinajstić information content (AvgIpc) is 2.90. The standard InChI is InChI=1S/C13H22N5O6P/c1-2-23-25(21,22)24-5-7-3-9(8(7)4-19)18-6-15-10-11(18)16-13(14)17-12(10)20/h7-9,15,19H,2-6H2,1H3,(H,21,22)(H3,14,16,17,20)/t7-,8-,9-/m1/s1. The first-order valence-corrected chi connectivity index (χ1v) is 9.49. The molecular formula is C13H22N5O6P. The number of aromatic nitrogens is 2. The number of aromatic amines is 1. The third-order valence-corrected chi connectivity index (χ3v) is 5.68. The van der Waals surface area contributed by atoms with E-state index >= 15 is 0 Å². The second-order valence-corrected chi connectivity index (χ2v) is 7.50. The summed E-state index contributed by atoms with van der Waals surface area (Å²) in [6, 6.07) is -0.0776. The molecule has 0 saturated heterocycles. The number of aliphatic hydroxyl groups excluding tert-OH is 1. The van der Waals surface area contributed by atoms with Gasteiger partial charge in [-0.3, -0.25) is 18.8 Å². The quantitative estimate of drug-likeness (QED) is 0.399. The molecule has 2 aliphatic rings. The Morgan fingerprint density at radius 2 is 2.24 bits per heavy atom. The summed E-state index contributed by atoms with van der Waals surface area (Å²) in [5, 5.41) is 12.7. The number of hydrogen-bond acceptors (Lipinski definition) is 9. The molecule has 4 atom stereocenters. The van der Waals surface area contributed by atoms with E-state index in [1.165, 1.54) is 0 Å². The van der Waals surface area contributed by atoms with Crippen molar-refractivity contribution in [1.82, 2.24) is 9.97 Å². The summed E-state index contributed by atoms with van der Waals surface area (Å²) < 4.78 is 21.2. The number of phosphoric acid groups is 1. The first-order valence-electron chi connectivity index (χ1n) is 7.99. The van der Waals surface area contributed by atoms with Gasteiger partial charge in [0, 0.05) is 18.6 Å². The molecule has 1 aliphatic heterocycles. The van der Waals surface area contributed by atoms with Gasteiger partial charge < -0.3 is 26.0 Å². The predicted octanol–water partition coefficient (Wildman–Crippen LogP) is -0.308. The Labute approximate surface area is 143 Å². The summed E-state index contributed by atoms with van der Waals surface area (Å²) in [5.74, 6) is 0.192. The van der Waals surface area contributed by atoms with Crippen LogP contribution in [0.3, 0.4) is 0 Å². The van der Waals surface area contributed by atoms with E-state index < -0.39 is 7.82 Å². The van der Waals surface area contributed by atoms with E-state index in [-0.39, 0.29) is 49.2 Å². The van der Waals surface area contributed by atoms with Crippen molar-refractivity contribution in [2.24, 2.45) is 11.8 Å². The number of rotatable bonds is 7. The summed E-state index contributed by atoms with van der Waals surface area (Å²) in [6.07, 6.45) is 0.618. The topological polar surface area (TPSA) is 163 Å². The molecule has 0 bridgehead atoms. The molecule has 0 amide bonds. The lowest BCUT2D eigenvalue weighted by Gasteiger charge is -2.48. The third kappa shape index (κ3) is 3.51. The zero-order valence-electron chi connectivity index (χ0n) is 13.7. The number of aliphatic hydroxyl groups is 1. The smallest absolute Gasteiger partial charge is 0.396 e. The molecular weight excluding hydrogens is 353 g/mol. The Kier molecular flexibility index (Phi) is 5.03.